The zero-order valence-electron chi connectivity index (χ0n) is 22.3. The Morgan fingerprint density at radius 1 is 1.16 bits per heavy atom. The quantitative estimate of drug-likeness (QED) is 0.286. The second-order valence-corrected chi connectivity index (χ2v) is 10.2. The molecule has 9 nitrogen and oxygen atoms in total. The minimum Gasteiger partial charge on any atom is -0.462 e. The summed E-state index contributed by atoms with van der Waals surface area (Å²) in [6, 6.07) is 9.02. The second-order valence-electron chi connectivity index (χ2n) is 10.2. The molecule has 9 heteroatoms. The van der Waals surface area contributed by atoms with Crippen molar-refractivity contribution in [1.29, 1.82) is 0 Å². The van der Waals surface area contributed by atoms with E-state index in [1.54, 1.807) is 35.1 Å². The molecule has 1 aliphatic carbocycles. The number of aromatic nitrogens is 4. The van der Waals surface area contributed by atoms with Gasteiger partial charge in [-0.15, -0.1) is 5.10 Å². The molecular formula is C29H33N5O4. The van der Waals surface area contributed by atoms with Crippen molar-refractivity contribution < 1.29 is 18.7 Å². The first kappa shape index (κ1) is 25.6. The number of pyridine rings is 2. The summed E-state index contributed by atoms with van der Waals surface area (Å²) in [5.74, 6) is 0.977. The summed E-state index contributed by atoms with van der Waals surface area (Å²) in [5.41, 5.74) is 2.99. The van der Waals surface area contributed by atoms with Gasteiger partial charge in [-0.3, -0.25) is 19.7 Å². The highest BCUT2D eigenvalue weighted by molar-refractivity contribution is 6.02. The lowest BCUT2D eigenvalue weighted by atomic mass is 9.82. The number of carbonyl (C=O) groups is 2. The number of anilines is 1. The van der Waals surface area contributed by atoms with Crippen molar-refractivity contribution in [3.05, 3.63) is 54.5 Å². The van der Waals surface area contributed by atoms with Gasteiger partial charge in [-0.05, 0) is 76.6 Å². The average Bonchev–Trinajstić information content (AvgIpc) is 3.54. The Kier molecular flexibility index (Phi) is 7.26. The fraction of sp³-hybridized carbons (Fsp3) is 0.414. The predicted octanol–water partition coefficient (Wildman–Crippen LogP) is 5.82. The van der Waals surface area contributed by atoms with E-state index in [1.807, 2.05) is 44.2 Å². The van der Waals surface area contributed by atoms with E-state index in [0.29, 0.717) is 34.5 Å². The number of hydrogen-bond acceptors (Lipinski definition) is 7. The summed E-state index contributed by atoms with van der Waals surface area (Å²) in [4.78, 5) is 37.2. The van der Waals surface area contributed by atoms with Gasteiger partial charge >= 0.3 is 5.97 Å². The monoisotopic (exact) mass is 515 g/mol. The number of ether oxygens (including phenoxy) is 1. The van der Waals surface area contributed by atoms with E-state index in [2.05, 4.69) is 16.9 Å². The van der Waals surface area contributed by atoms with Gasteiger partial charge in [-0.1, -0.05) is 6.92 Å². The maximum Gasteiger partial charge on any atom is 0.343 e. The van der Waals surface area contributed by atoms with Crippen LogP contribution in [0.2, 0.25) is 0 Å². The van der Waals surface area contributed by atoms with Gasteiger partial charge in [0.2, 0.25) is 5.91 Å². The normalized spacial score (nSPS) is 17.6. The molecule has 5 rings (SSSR count). The Bertz CT molecular complexity index is 1400. The van der Waals surface area contributed by atoms with Crippen LogP contribution in [0, 0.1) is 11.8 Å². The van der Waals surface area contributed by atoms with E-state index in [1.165, 1.54) is 0 Å². The minimum absolute atomic E-state index is 0.00895. The highest BCUT2D eigenvalue weighted by atomic mass is 16.5. The lowest BCUT2D eigenvalue weighted by Crippen LogP contribution is -2.43. The molecule has 1 amide bonds. The Morgan fingerprint density at radius 3 is 2.61 bits per heavy atom. The summed E-state index contributed by atoms with van der Waals surface area (Å²) in [6.07, 6.45) is 8.74. The topological polar surface area (TPSA) is 103 Å². The summed E-state index contributed by atoms with van der Waals surface area (Å²) < 4.78 is 12.8. The third-order valence-electron chi connectivity index (χ3n) is 7.09. The van der Waals surface area contributed by atoms with Crippen LogP contribution in [0.25, 0.3) is 28.2 Å². The number of carbonyl (C=O) groups excluding carboxylic acids is 2. The average molecular weight is 516 g/mol. The van der Waals surface area contributed by atoms with Gasteiger partial charge in [-0.2, -0.15) is 0 Å². The molecule has 38 heavy (non-hydrogen) atoms. The van der Waals surface area contributed by atoms with E-state index in [-0.39, 0.29) is 30.0 Å². The molecule has 0 radical (unpaired) electrons. The SMILES string of the molecule is CCOC(=O)c1cn(-c2ccc(-c3cc4ncccc4o3)nc2)nc1N(C(=O)[C@H]1CC[C@H](C)CC1)C(C)C. The summed E-state index contributed by atoms with van der Waals surface area (Å²) in [6.45, 7) is 8.09. The first-order valence-corrected chi connectivity index (χ1v) is 13.3. The molecular weight excluding hydrogens is 482 g/mol. The highest BCUT2D eigenvalue weighted by Gasteiger charge is 2.34. The molecule has 0 atom stereocenters. The van der Waals surface area contributed by atoms with E-state index in [9.17, 15) is 9.59 Å². The van der Waals surface area contributed by atoms with Gasteiger partial charge in [0.15, 0.2) is 17.2 Å². The Hall–Kier alpha value is -4.01. The lowest BCUT2D eigenvalue weighted by molar-refractivity contribution is -0.124. The third-order valence-corrected chi connectivity index (χ3v) is 7.09. The molecule has 0 N–H and O–H groups in total. The molecule has 0 spiro atoms. The van der Waals surface area contributed by atoms with Crippen molar-refractivity contribution in [2.75, 3.05) is 11.5 Å². The van der Waals surface area contributed by atoms with Crippen LogP contribution in [-0.4, -0.2) is 44.3 Å². The number of furan rings is 1. The van der Waals surface area contributed by atoms with Crippen LogP contribution in [0.4, 0.5) is 5.82 Å². The fourth-order valence-electron chi connectivity index (χ4n) is 5.00. The number of esters is 1. The zero-order valence-corrected chi connectivity index (χ0v) is 22.3. The van der Waals surface area contributed by atoms with Crippen molar-refractivity contribution in [3.8, 4) is 17.1 Å². The molecule has 1 saturated carbocycles. The van der Waals surface area contributed by atoms with E-state index in [4.69, 9.17) is 14.3 Å². The maximum atomic E-state index is 13.7. The molecule has 4 heterocycles. The number of hydrogen-bond donors (Lipinski definition) is 0. The van der Waals surface area contributed by atoms with Crippen LogP contribution in [0.15, 0.2) is 53.3 Å². The van der Waals surface area contributed by atoms with E-state index >= 15 is 0 Å². The zero-order chi connectivity index (χ0) is 26.8. The van der Waals surface area contributed by atoms with Gasteiger partial charge < -0.3 is 9.15 Å². The minimum atomic E-state index is -0.510. The number of fused-ring (bicyclic) bond motifs is 1. The molecule has 1 aliphatic rings. The summed E-state index contributed by atoms with van der Waals surface area (Å²) in [7, 11) is 0. The van der Waals surface area contributed by atoms with Crippen molar-refractivity contribution in [2.45, 2.75) is 59.4 Å². The van der Waals surface area contributed by atoms with Crippen LogP contribution < -0.4 is 4.90 Å². The van der Waals surface area contributed by atoms with Crippen molar-refractivity contribution in [2.24, 2.45) is 11.8 Å². The van der Waals surface area contributed by atoms with Crippen LogP contribution in [0.5, 0.6) is 0 Å². The Morgan fingerprint density at radius 2 is 1.95 bits per heavy atom. The van der Waals surface area contributed by atoms with Gasteiger partial charge in [0.25, 0.3) is 0 Å². The molecule has 198 valence electrons. The molecule has 0 aliphatic heterocycles. The van der Waals surface area contributed by atoms with Gasteiger partial charge in [0, 0.05) is 30.4 Å². The third kappa shape index (κ3) is 5.05. The number of amides is 1. The second kappa shape index (κ2) is 10.8. The van der Waals surface area contributed by atoms with Crippen molar-refractivity contribution in [1.82, 2.24) is 19.7 Å². The Labute approximate surface area is 221 Å². The first-order valence-electron chi connectivity index (χ1n) is 13.3. The maximum absolute atomic E-state index is 13.7. The van der Waals surface area contributed by atoms with Crippen LogP contribution in [-0.2, 0) is 9.53 Å². The summed E-state index contributed by atoms with van der Waals surface area (Å²) in [5, 5.41) is 4.72. The van der Waals surface area contributed by atoms with Crippen LogP contribution >= 0.6 is 0 Å². The molecule has 0 bridgehead atoms. The fourth-order valence-corrected chi connectivity index (χ4v) is 5.00. The largest absolute Gasteiger partial charge is 0.462 e. The van der Waals surface area contributed by atoms with Crippen LogP contribution in [0.3, 0.4) is 0 Å². The smallest absolute Gasteiger partial charge is 0.343 e. The van der Waals surface area contributed by atoms with Gasteiger partial charge in [0.1, 0.15) is 16.8 Å². The van der Waals surface area contributed by atoms with Crippen molar-refractivity contribution >= 4 is 28.8 Å². The van der Waals surface area contributed by atoms with E-state index < -0.39 is 5.97 Å². The highest BCUT2D eigenvalue weighted by Crippen LogP contribution is 2.33. The van der Waals surface area contributed by atoms with Crippen LogP contribution in [0.1, 0.15) is 63.7 Å². The molecule has 1 fully saturated rings. The van der Waals surface area contributed by atoms with Gasteiger partial charge in [0.05, 0.1) is 18.5 Å². The standard InChI is InChI=1S/C29H33N5O4/c1-5-37-29(36)22-17-33(32-27(22)34(18(2)3)28(35)20-10-8-19(4)9-11-20)21-12-13-23(31-16-21)26-15-24-25(38-26)7-6-14-30-24/h6-7,12-20H,5,8-11H2,1-4H3/t19-,20-. The van der Waals surface area contributed by atoms with Gasteiger partial charge in [-0.25, -0.2) is 9.48 Å². The molecule has 4 aromatic rings. The molecule has 0 unspecified atom stereocenters. The summed E-state index contributed by atoms with van der Waals surface area (Å²) >= 11 is 0. The molecule has 0 aromatic carbocycles. The molecule has 0 saturated heterocycles. The molecule has 4 aromatic heterocycles. The Balaban J connectivity index is 1.48. The lowest BCUT2D eigenvalue weighted by Gasteiger charge is -2.32. The number of nitrogens with zero attached hydrogens (tertiary/aromatic N) is 5. The predicted molar refractivity (Wildman–Crippen MR) is 144 cm³/mol. The first-order chi connectivity index (χ1) is 18.4. The van der Waals surface area contributed by atoms with E-state index in [0.717, 1.165) is 31.2 Å². The van der Waals surface area contributed by atoms with Crippen molar-refractivity contribution in [3.63, 3.8) is 0 Å². The number of rotatable bonds is 7.